The van der Waals surface area contributed by atoms with Gasteiger partial charge in [0.1, 0.15) is 5.82 Å². The van der Waals surface area contributed by atoms with Gasteiger partial charge in [-0.25, -0.2) is 4.39 Å². The van der Waals surface area contributed by atoms with Gasteiger partial charge in [0.2, 0.25) is 5.91 Å². The quantitative estimate of drug-likeness (QED) is 0.842. The zero-order valence-electron chi connectivity index (χ0n) is 16.5. The second-order valence-electron chi connectivity index (χ2n) is 8.22. The van der Waals surface area contributed by atoms with E-state index in [4.69, 9.17) is 0 Å². The first-order valence-electron chi connectivity index (χ1n) is 10.0. The van der Waals surface area contributed by atoms with E-state index in [1.54, 1.807) is 19.1 Å². The van der Waals surface area contributed by atoms with Crippen LogP contribution in [-0.4, -0.2) is 85.2 Å². The monoisotopic (exact) mass is 377 g/mol. The summed E-state index contributed by atoms with van der Waals surface area (Å²) in [6.07, 6.45) is 1.46. The van der Waals surface area contributed by atoms with Crippen molar-refractivity contribution in [3.05, 3.63) is 35.1 Å². The van der Waals surface area contributed by atoms with Gasteiger partial charge < -0.3 is 19.8 Å². The van der Waals surface area contributed by atoms with Crippen LogP contribution in [-0.2, 0) is 11.2 Å². The fraction of sp³-hybridized carbons (Fsp3) is 0.667. The SMILES string of the molecule is Cc1cc(CC(=O)N2C[C@@H](CN3CCCN(C)CC3)[C@@H](CO)C2)ccc1F. The predicted molar refractivity (Wildman–Crippen MR) is 104 cm³/mol. The minimum absolute atomic E-state index is 0.0672. The highest BCUT2D eigenvalue weighted by atomic mass is 19.1. The number of hydrogen-bond donors (Lipinski definition) is 1. The molecule has 1 aromatic rings. The van der Waals surface area contributed by atoms with Crippen molar-refractivity contribution in [3.63, 3.8) is 0 Å². The van der Waals surface area contributed by atoms with Gasteiger partial charge in [0.25, 0.3) is 0 Å². The first-order chi connectivity index (χ1) is 13.0. The molecule has 1 amide bonds. The Morgan fingerprint density at radius 2 is 1.96 bits per heavy atom. The van der Waals surface area contributed by atoms with Crippen molar-refractivity contribution in [2.75, 3.05) is 59.5 Å². The minimum atomic E-state index is -0.240. The smallest absolute Gasteiger partial charge is 0.227 e. The van der Waals surface area contributed by atoms with Crippen molar-refractivity contribution in [1.29, 1.82) is 0 Å². The lowest BCUT2D eigenvalue weighted by Crippen LogP contribution is -2.36. The molecule has 3 rings (SSSR count). The molecule has 2 fully saturated rings. The summed E-state index contributed by atoms with van der Waals surface area (Å²) in [5.41, 5.74) is 1.41. The molecule has 0 unspecified atom stereocenters. The normalized spacial score (nSPS) is 25.0. The highest BCUT2D eigenvalue weighted by Crippen LogP contribution is 2.25. The lowest BCUT2D eigenvalue weighted by Gasteiger charge is -2.26. The Morgan fingerprint density at radius 3 is 2.70 bits per heavy atom. The first-order valence-corrected chi connectivity index (χ1v) is 10.0. The van der Waals surface area contributed by atoms with E-state index in [2.05, 4.69) is 16.8 Å². The summed E-state index contributed by atoms with van der Waals surface area (Å²) in [5, 5.41) is 9.81. The summed E-state index contributed by atoms with van der Waals surface area (Å²) in [4.78, 5) is 19.5. The van der Waals surface area contributed by atoms with E-state index < -0.39 is 0 Å². The molecule has 0 saturated carbocycles. The van der Waals surface area contributed by atoms with Crippen LogP contribution in [0.5, 0.6) is 0 Å². The molecule has 1 aromatic carbocycles. The van der Waals surface area contributed by atoms with Gasteiger partial charge in [-0.05, 0) is 56.6 Å². The molecule has 2 aliphatic rings. The van der Waals surface area contributed by atoms with Gasteiger partial charge in [-0.15, -0.1) is 0 Å². The van der Waals surface area contributed by atoms with Gasteiger partial charge >= 0.3 is 0 Å². The average molecular weight is 378 g/mol. The number of likely N-dealkylation sites (tertiary alicyclic amines) is 1. The molecule has 1 N–H and O–H groups in total. The third-order valence-electron chi connectivity index (χ3n) is 6.05. The Labute approximate surface area is 161 Å². The average Bonchev–Trinajstić information content (AvgIpc) is 2.94. The standard InChI is InChI=1S/C21H32FN3O2/c1-16-10-17(4-5-20(16)22)11-21(27)25-13-18(19(14-25)15-26)12-24-7-3-6-23(2)8-9-24/h4-5,10,18-19,26H,3,6-9,11-15H2,1-2H3/t18-,19-/m1/s1. The van der Waals surface area contributed by atoms with Crippen LogP contribution in [0.2, 0.25) is 0 Å². The van der Waals surface area contributed by atoms with Crippen LogP contribution in [0.4, 0.5) is 4.39 Å². The van der Waals surface area contributed by atoms with E-state index >= 15 is 0 Å². The molecule has 0 spiro atoms. The summed E-state index contributed by atoms with van der Waals surface area (Å²) in [6.45, 7) is 8.45. The molecule has 6 heteroatoms. The van der Waals surface area contributed by atoms with E-state index in [1.165, 1.54) is 12.5 Å². The topological polar surface area (TPSA) is 47.0 Å². The summed E-state index contributed by atoms with van der Waals surface area (Å²) in [6, 6.07) is 4.86. The molecule has 2 saturated heterocycles. The summed E-state index contributed by atoms with van der Waals surface area (Å²) in [7, 11) is 2.16. The van der Waals surface area contributed by atoms with E-state index in [9.17, 15) is 14.3 Å². The Bertz CT molecular complexity index is 654. The molecule has 2 atom stereocenters. The predicted octanol–water partition coefficient (Wildman–Crippen LogP) is 1.38. The van der Waals surface area contributed by atoms with Gasteiger partial charge in [0, 0.05) is 45.2 Å². The van der Waals surface area contributed by atoms with Gasteiger partial charge in [-0.1, -0.05) is 12.1 Å². The Hall–Kier alpha value is -1.50. The third-order valence-corrected chi connectivity index (χ3v) is 6.05. The van der Waals surface area contributed by atoms with Crippen molar-refractivity contribution in [3.8, 4) is 0 Å². The lowest BCUT2D eigenvalue weighted by atomic mass is 9.96. The maximum Gasteiger partial charge on any atom is 0.227 e. The molecule has 150 valence electrons. The van der Waals surface area contributed by atoms with E-state index in [-0.39, 0.29) is 24.2 Å². The Kier molecular flexibility index (Phi) is 6.84. The number of aliphatic hydroxyl groups excluding tert-OH is 1. The van der Waals surface area contributed by atoms with Gasteiger partial charge in [0.15, 0.2) is 0 Å². The minimum Gasteiger partial charge on any atom is -0.396 e. The molecule has 0 bridgehead atoms. The number of amides is 1. The van der Waals surface area contributed by atoms with E-state index in [0.29, 0.717) is 31.0 Å². The highest BCUT2D eigenvalue weighted by molar-refractivity contribution is 5.79. The van der Waals surface area contributed by atoms with Crippen LogP contribution in [0.25, 0.3) is 0 Å². The number of carbonyl (C=O) groups is 1. The first kappa shape index (κ1) is 20.2. The number of rotatable bonds is 5. The molecule has 2 heterocycles. The van der Waals surface area contributed by atoms with Crippen molar-refractivity contribution >= 4 is 5.91 Å². The number of aliphatic hydroxyl groups is 1. The second kappa shape index (κ2) is 9.13. The molecule has 0 aliphatic carbocycles. The molecular formula is C21H32FN3O2. The van der Waals surface area contributed by atoms with Crippen LogP contribution in [0.1, 0.15) is 17.5 Å². The Balaban J connectivity index is 1.57. The van der Waals surface area contributed by atoms with Crippen LogP contribution in [0.3, 0.4) is 0 Å². The summed E-state index contributed by atoms with van der Waals surface area (Å²) in [5.74, 6) is 0.288. The fourth-order valence-electron chi connectivity index (χ4n) is 4.27. The van der Waals surface area contributed by atoms with Crippen molar-refractivity contribution in [1.82, 2.24) is 14.7 Å². The maximum atomic E-state index is 13.4. The Morgan fingerprint density at radius 1 is 1.19 bits per heavy atom. The van der Waals surface area contributed by atoms with Crippen LogP contribution >= 0.6 is 0 Å². The molecule has 2 aliphatic heterocycles. The van der Waals surface area contributed by atoms with Gasteiger partial charge in [-0.3, -0.25) is 4.79 Å². The van der Waals surface area contributed by atoms with Crippen molar-refractivity contribution < 1.29 is 14.3 Å². The number of halogens is 1. The van der Waals surface area contributed by atoms with Crippen molar-refractivity contribution in [2.24, 2.45) is 11.8 Å². The summed E-state index contributed by atoms with van der Waals surface area (Å²) >= 11 is 0. The van der Waals surface area contributed by atoms with Crippen LogP contribution < -0.4 is 0 Å². The number of hydrogen-bond acceptors (Lipinski definition) is 4. The van der Waals surface area contributed by atoms with E-state index in [0.717, 1.165) is 38.3 Å². The van der Waals surface area contributed by atoms with Gasteiger partial charge in [-0.2, -0.15) is 0 Å². The largest absolute Gasteiger partial charge is 0.396 e. The molecule has 27 heavy (non-hydrogen) atoms. The molecule has 5 nitrogen and oxygen atoms in total. The van der Waals surface area contributed by atoms with Gasteiger partial charge in [0.05, 0.1) is 6.42 Å². The number of benzene rings is 1. The number of nitrogens with zero attached hydrogens (tertiary/aromatic N) is 3. The fourth-order valence-corrected chi connectivity index (χ4v) is 4.27. The zero-order chi connectivity index (χ0) is 19.4. The number of aryl methyl sites for hydroxylation is 1. The highest BCUT2D eigenvalue weighted by Gasteiger charge is 2.35. The van der Waals surface area contributed by atoms with Crippen LogP contribution in [0, 0.1) is 24.6 Å². The van der Waals surface area contributed by atoms with Crippen molar-refractivity contribution in [2.45, 2.75) is 19.8 Å². The number of carbonyl (C=O) groups excluding carboxylic acids is 1. The molecule has 0 radical (unpaired) electrons. The molecule has 0 aromatic heterocycles. The summed E-state index contributed by atoms with van der Waals surface area (Å²) < 4.78 is 13.4. The lowest BCUT2D eigenvalue weighted by molar-refractivity contribution is -0.129. The van der Waals surface area contributed by atoms with Crippen LogP contribution in [0.15, 0.2) is 18.2 Å². The second-order valence-corrected chi connectivity index (χ2v) is 8.22. The third kappa shape index (κ3) is 5.27. The molecular weight excluding hydrogens is 345 g/mol. The zero-order valence-corrected chi connectivity index (χ0v) is 16.5. The maximum absolute atomic E-state index is 13.4. The number of likely N-dealkylation sites (N-methyl/N-ethyl adjacent to an activating group) is 1. The van der Waals surface area contributed by atoms with E-state index in [1.807, 2.05) is 4.90 Å².